The van der Waals surface area contributed by atoms with Crippen molar-refractivity contribution in [3.63, 3.8) is 0 Å². The molecule has 0 aromatic carbocycles. The lowest BCUT2D eigenvalue weighted by Gasteiger charge is -2.21. The Bertz CT molecular complexity index is 390. The lowest BCUT2D eigenvalue weighted by Crippen LogP contribution is -2.32. The van der Waals surface area contributed by atoms with Crippen LogP contribution in [-0.4, -0.2) is 59.6 Å². The molecule has 7 heteroatoms. The van der Waals surface area contributed by atoms with Crippen LogP contribution < -0.4 is 16.0 Å². The molecule has 19 heavy (non-hydrogen) atoms. The number of nitrogens with one attached hydrogen (secondary N) is 1. The summed E-state index contributed by atoms with van der Waals surface area (Å²) in [7, 11) is 4.07. The Kier molecular flexibility index (Phi) is 5.75. The molecular weight excluding hydrogens is 242 g/mol. The summed E-state index contributed by atoms with van der Waals surface area (Å²) in [5, 5.41) is 3.20. The minimum absolute atomic E-state index is 0.247. The summed E-state index contributed by atoms with van der Waals surface area (Å²) >= 11 is 0. The maximum Gasteiger partial charge on any atom is 0.231 e. The zero-order valence-electron chi connectivity index (χ0n) is 12.5. The van der Waals surface area contributed by atoms with E-state index in [1.54, 1.807) is 0 Å². The Morgan fingerprint density at radius 2 is 1.79 bits per heavy atom. The number of anilines is 3. The van der Waals surface area contributed by atoms with Crippen LogP contribution in [0.25, 0.3) is 0 Å². The van der Waals surface area contributed by atoms with Gasteiger partial charge in [0.1, 0.15) is 0 Å². The summed E-state index contributed by atoms with van der Waals surface area (Å²) in [6.45, 7) is 8.69. The van der Waals surface area contributed by atoms with Crippen molar-refractivity contribution in [1.29, 1.82) is 0 Å². The predicted octanol–water partition coefficient (Wildman–Crippen LogP) is 0.662. The van der Waals surface area contributed by atoms with E-state index in [1.807, 2.05) is 19.0 Å². The van der Waals surface area contributed by atoms with Crippen molar-refractivity contribution in [2.45, 2.75) is 26.8 Å². The molecule has 0 radical (unpaired) electrons. The van der Waals surface area contributed by atoms with E-state index in [0.29, 0.717) is 17.9 Å². The number of likely N-dealkylation sites (N-methyl/N-ethyl adjacent to an activating group) is 1. The molecule has 1 aromatic heterocycles. The Balaban J connectivity index is 2.79. The average Bonchev–Trinajstić information content (AvgIpc) is 2.36. The van der Waals surface area contributed by atoms with Crippen LogP contribution in [0.3, 0.4) is 0 Å². The van der Waals surface area contributed by atoms with Gasteiger partial charge in [-0.2, -0.15) is 15.0 Å². The largest absolute Gasteiger partial charge is 0.368 e. The molecule has 1 heterocycles. The molecule has 0 aliphatic heterocycles. The third-order valence-electron chi connectivity index (χ3n) is 3.12. The SMILES string of the molecule is CCN(CC)c1nc(N)nc(NCC(C)N(C)C)n1. The molecule has 0 amide bonds. The molecule has 1 rings (SSSR count). The van der Waals surface area contributed by atoms with Crippen LogP contribution >= 0.6 is 0 Å². The number of nitrogens with two attached hydrogens (primary N) is 1. The van der Waals surface area contributed by atoms with Crippen molar-refractivity contribution >= 4 is 17.8 Å². The van der Waals surface area contributed by atoms with Gasteiger partial charge in [-0.05, 0) is 34.9 Å². The molecule has 1 unspecified atom stereocenters. The van der Waals surface area contributed by atoms with Gasteiger partial charge in [0.15, 0.2) is 0 Å². The maximum atomic E-state index is 5.73. The summed E-state index contributed by atoms with van der Waals surface area (Å²) in [6, 6.07) is 0.384. The number of aromatic nitrogens is 3. The highest BCUT2D eigenvalue weighted by Crippen LogP contribution is 2.11. The number of nitrogen functional groups attached to an aromatic ring is 1. The van der Waals surface area contributed by atoms with Gasteiger partial charge in [0, 0.05) is 25.7 Å². The van der Waals surface area contributed by atoms with Gasteiger partial charge in [-0.25, -0.2) is 0 Å². The van der Waals surface area contributed by atoms with Crippen molar-refractivity contribution in [3.8, 4) is 0 Å². The molecule has 0 bridgehead atoms. The van der Waals surface area contributed by atoms with E-state index in [4.69, 9.17) is 5.73 Å². The van der Waals surface area contributed by atoms with Crippen LogP contribution in [0.1, 0.15) is 20.8 Å². The van der Waals surface area contributed by atoms with E-state index >= 15 is 0 Å². The van der Waals surface area contributed by atoms with Crippen LogP contribution in [0, 0.1) is 0 Å². The Morgan fingerprint density at radius 1 is 1.16 bits per heavy atom. The zero-order chi connectivity index (χ0) is 14.4. The van der Waals surface area contributed by atoms with E-state index in [-0.39, 0.29) is 5.95 Å². The van der Waals surface area contributed by atoms with Crippen LogP contribution in [0.4, 0.5) is 17.8 Å². The minimum atomic E-state index is 0.247. The molecule has 0 saturated heterocycles. The van der Waals surface area contributed by atoms with Gasteiger partial charge in [-0.15, -0.1) is 0 Å². The second-order valence-corrected chi connectivity index (χ2v) is 4.68. The molecule has 3 N–H and O–H groups in total. The first kappa shape index (κ1) is 15.4. The molecule has 0 aliphatic carbocycles. The van der Waals surface area contributed by atoms with Crippen molar-refractivity contribution in [2.75, 3.05) is 49.7 Å². The highest BCUT2D eigenvalue weighted by molar-refractivity contribution is 5.41. The number of nitrogens with zero attached hydrogens (tertiary/aromatic N) is 5. The third kappa shape index (κ3) is 4.51. The normalized spacial score (nSPS) is 12.5. The van der Waals surface area contributed by atoms with E-state index < -0.39 is 0 Å². The standard InChI is InChI=1S/C12H25N7/c1-6-19(7-2)12-16-10(13)15-11(17-12)14-8-9(3)18(4)5/h9H,6-8H2,1-5H3,(H3,13,14,15,16,17). The van der Waals surface area contributed by atoms with Crippen molar-refractivity contribution < 1.29 is 0 Å². The Labute approximate surface area is 115 Å². The van der Waals surface area contributed by atoms with Crippen molar-refractivity contribution in [3.05, 3.63) is 0 Å². The fraction of sp³-hybridized carbons (Fsp3) is 0.750. The lowest BCUT2D eigenvalue weighted by molar-refractivity contribution is 0.325. The fourth-order valence-electron chi connectivity index (χ4n) is 1.53. The highest BCUT2D eigenvalue weighted by atomic mass is 15.3. The lowest BCUT2D eigenvalue weighted by atomic mass is 10.3. The first-order valence-corrected chi connectivity index (χ1v) is 6.64. The second-order valence-electron chi connectivity index (χ2n) is 4.68. The summed E-state index contributed by atoms with van der Waals surface area (Å²) < 4.78 is 0. The molecule has 7 nitrogen and oxygen atoms in total. The first-order valence-electron chi connectivity index (χ1n) is 6.64. The van der Waals surface area contributed by atoms with Crippen LogP contribution in [-0.2, 0) is 0 Å². The zero-order valence-corrected chi connectivity index (χ0v) is 12.5. The topological polar surface area (TPSA) is 83.2 Å². The summed E-state index contributed by atoms with van der Waals surface area (Å²) in [6.07, 6.45) is 0. The van der Waals surface area contributed by atoms with Gasteiger partial charge in [0.25, 0.3) is 0 Å². The van der Waals surface area contributed by atoms with Gasteiger partial charge in [0.2, 0.25) is 17.8 Å². The van der Waals surface area contributed by atoms with E-state index in [2.05, 4.69) is 45.9 Å². The van der Waals surface area contributed by atoms with E-state index in [9.17, 15) is 0 Å². The molecular formula is C12H25N7. The van der Waals surface area contributed by atoms with E-state index in [1.165, 1.54) is 0 Å². The minimum Gasteiger partial charge on any atom is -0.368 e. The van der Waals surface area contributed by atoms with Gasteiger partial charge >= 0.3 is 0 Å². The molecule has 0 fully saturated rings. The number of hydrogen-bond acceptors (Lipinski definition) is 7. The van der Waals surface area contributed by atoms with Crippen LogP contribution in [0.15, 0.2) is 0 Å². The van der Waals surface area contributed by atoms with Crippen LogP contribution in [0.2, 0.25) is 0 Å². The van der Waals surface area contributed by atoms with Gasteiger partial charge in [-0.1, -0.05) is 0 Å². The second kappa shape index (κ2) is 7.08. The first-order chi connectivity index (χ1) is 8.97. The quantitative estimate of drug-likeness (QED) is 0.751. The summed E-state index contributed by atoms with van der Waals surface area (Å²) in [5.74, 6) is 1.40. The van der Waals surface area contributed by atoms with Gasteiger partial charge in [0.05, 0.1) is 0 Å². The fourth-order valence-corrected chi connectivity index (χ4v) is 1.53. The predicted molar refractivity (Wildman–Crippen MR) is 79.4 cm³/mol. The van der Waals surface area contributed by atoms with Gasteiger partial charge in [-0.3, -0.25) is 0 Å². The Morgan fingerprint density at radius 3 is 2.32 bits per heavy atom. The molecule has 1 aromatic rings. The molecule has 0 spiro atoms. The Hall–Kier alpha value is -1.63. The molecule has 0 aliphatic rings. The smallest absolute Gasteiger partial charge is 0.231 e. The van der Waals surface area contributed by atoms with E-state index in [0.717, 1.165) is 19.6 Å². The summed E-state index contributed by atoms with van der Waals surface area (Å²) in [5.41, 5.74) is 5.73. The van der Waals surface area contributed by atoms with Crippen molar-refractivity contribution in [1.82, 2.24) is 19.9 Å². The maximum absolute atomic E-state index is 5.73. The third-order valence-corrected chi connectivity index (χ3v) is 3.12. The van der Waals surface area contributed by atoms with Gasteiger partial charge < -0.3 is 20.9 Å². The monoisotopic (exact) mass is 267 g/mol. The molecule has 0 saturated carbocycles. The number of rotatable bonds is 7. The molecule has 108 valence electrons. The highest BCUT2D eigenvalue weighted by Gasteiger charge is 2.10. The molecule has 1 atom stereocenters. The average molecular weight is 267 g/mol. The van der Waals surface area contributed by atoms with Crippen LogP contribution in [0.5, 0.6) is 0 Å². The summed E-state index contributed by atoms with van der Waals surface area (Å²) in [4.78, 5) is 16.9. The van der Waals surface area contributed by atoms with Crippen molar-refractivity contribution in [2.24, 2.45) is 0 Å². The number of hydrogen-bond donors (Lipinski definition) is 2.